The van der Waals surface area contributed by atoms with Gasteiger partial charge in [0.2, 0.25) is 11.8 Å². The number of carbonyl (C=O) groups excluding carboxylic acids is 1. The number of aromatic nitrogens is 10. The molecule has 1 saturated heterocycles. The van der Waals surface area contributed by atoms with Crippen molar-refractivity contribution in [2.75, 3.05) is 23.7 Å². The third kappa shape index (κ3) is 6.49. The highest BCUT2D eigenvalue weighted by Gasteiger charge is 2.50. The summed E-state index contributed by atoms with van der Waals surface area (Å²) >= 11 is 0. The van der Waals surface area contributed by atoms with Crippen LogP contribution < -0.4 is 10.6 Å². The zero-order valence-electron chi connectivity index (χ0n) is 24.7. The van der Waals surface area contributed by atoms with Gasteiger partial charge < -0.3 is 29.8 Å². The number of aryl methyl sites for hydroxylation is 2. The van der Waals surface area contributed by atoms with Crippen LogP contribution in [0.2, 0.25) is 0 Å². The average Bonchev–Trinajstić information content (AvgIpc) is 3.71. The Bertz CT molecular complexity index is 1520. The molecule has 4 atom stereocenters. The van der Waals surface area contributed by atoms with Gasteiger partial charge in [0.25, 0.3) is 0 Å². The number of nitrogens with zero attached hydrogens (tertiary/aromatic N) is 10. The number of carbonyl (C=O) groups is 1. The van der Waals surface area contributed by atoms with Crippen molar-refractivity contribution in [1.29, 1.82) is 0 Å². The molecule has 42 heavy (non-hydrogen) atoms. The molecule has 5 heterocycles. The van der Waals surface area contributed by atoms with E-state index in [-0.39, 0.29) is 11.2 Å². The van der Waals surface area contributed by atoms with Crippen LogP contribution in [0, 0.1) is 5.41 Å². The molecular weight excluding hydrogens is 544 g/mol. The Morgan fingerprint density at radius 3 is 2.64 bits per heavy atom. The summed E-state index contributed by atoms with van der Waals surface area (Å²) in [6.07, 6.45) is 2.55. The lowest BCUT2D eigenvalue weighted by molar-refractivity contribution is -0.155. The molecule has 16 nitrogen and oxygen atoms in total. The molecule has 0 aliphatic carbocycles. The van der Waals surface area contributed by atoms with E-state index in [1.54, 1.807) is 17.2 Å². The molecule has 4 aromatic heterocycles. The van der Waals surface area contributed by atoms with Crippen molar-refractivity contribution in [3.8, 4) is 0 Å². The third-order valence-electron chi connectivity index (χ3n) is 6.81. The van der Waals surface area contributed by atoms with Crippen LogP contribution in [0.1, 0.15) is 64.9 Å². The molecule has 0 amide bonds. The van der Waals surface area contributed by atoms with E-state index in [9.17, 15) is 9.90 Å². The number of ether oxygens (including phenoxy) is 2. The largest absolute Gasteiger partial charge is 0.455 e. The van der Waals surface area contributed by atoms with Gasteiger partial charge in [-0.3, -0.25) is 9.36 Å². The number of fused-ring (bicyclic) bond motifs is 1. The first-order valence-electron chi connectivity index (χ1n) is 14.0. The molecule has 5 rings (SSSR count). The van der Waals surface area contributed by atoms with E-state index in [2.05, 4.69) is 56.8 Å². The number of anilines is 2. The standard InChI is InChI=1S/C26H38N12O4/c1-7-38-34-22(33-35-38)19-18(40)20(41-15(2)39)24(42-19)37-14-30-17-21(27-11-9-26(3,4)5)31-25(32-23(17)37)28-10-8-16-12-36(6)13-29-16/h12-14,18-20,24,40H,7-11H2,1-6H3,(H2,27,28,31,32)/t18-,19+,20-,24-/m1/s1. The first-order valence-corrected chi connectivity index (χ1v) is 14.0. The molecular formula is C26H38N12O4. The Morgan fingerprint density at radius 2 is 1.98 bits per heavy atom. The summed E-state index contributed by atoms with van der Waals surface area (Å²) in [5, 5.41) is 30.2. The summed E-state index contributed by atoms with van der Waals surface area (Å²) in [4.78, 5) is 31.9. The molecule has 0 aromatic carbocycles. The minimum Gasteiger partial charge on any atom is -0.455 e. The highest BCUT2D eigenvalue weighted by molar-refractivity contribution is 5.84. The fraction of sp³-hybridized carbons (Fsp3) is 0.615. The number of hydrogen-bond acceptors (Lipinski definition) is 13. The summed E-state index contributed by atoms with van der Waals surface area (Å²) < 4.78 is 15.3. The van der Waals surface area contributed by atoms with Crippen LogP contribution in [0.25, 0.3) is 11.2 Å². The minimum atomic E-state index is -1.26. The molecule has 4 aromatic rings. The smallest absolute Gasteiger partial charge is 0.303 e. The van der Waals surface area contributed by atoms with Crippen LogP contribution in [0.5, 0.6) is 0 Å². The van der Waals surface area contributed by atoms with Gasteiger partial charge in [0.1, 0.15) is 6.10 Å². The van der Waals surface area contributed by atoms with Crippen molar-refractivity contribution >= 4 is 28.9 Å². The lowest BCUT2D eigenvalue weighted by Gasteiger charge is -2.21. The second kappa shape index (κ2) is 12.0. The van der Waals surface area contributed by atoms with Gasteiger partial charge in [0.15, 0.2) is 35.4 Å². The first-order chi connectivity index (χ1) is 20.0. The van der Waals surface area contributed by atoms with Crippen LogP contribution in [0.4, 0.5) is 11.8 Å². The Balaban J connectivity index is 1.48. The number of nitrogens with one attached hydrogen (secondary N) is 2. The van der Waals surface area contributed by atoms with Crippen LogP contribution >= 0.6 is 0 Å². The third-order valence-corrected chi connectivity index (χ3v) is 6.81. The summed E-state index contributed by atoms with van der Waals surface area (Å²) in [7, 11) is 1.93. The van der Waals surface area contributed by atoms with E-state index >= 15 is 0 Å². The maximum Gasteiger partial charge on any atom is 0.303 e. The van der Waals surface area contributed by atoms with Crippen LogP contribution in [-0.4, -0.2) is 85.7 Å². The van der Waals surface area contributed by atoms with Crippen molar-refractivity contribution in [3.05, 3.63) is 30.4 Å². The maximum atomic E-state index is 12.0. The second-order valence-corrected chi connectivity index (χ2v) is 11.5. The summed E-state index contributed by atoms with van der Waals surface area (Å²) in [5.74, 6) is 0.545. The van der Waals surface area contributed by atoms with Gasteiger partial charge in [0, 0.05) is 39.7 Å². The van der Waals surface area contributed by atoms with Crippen LogP contribution in [-0.2, 0) is 34.3 Å². The summed E-state index contributed by atoms with van der Waals surface area (Å²) in [6, 6.07) is 0. The minimum absolute atomic E-state index is 0.121. The van der Waals surface area contributed by atoms with Crippen LogP contribution in [0.3, 0.4) is 0 Å². The molecule has 0 unspecified atom stereocenters. The van der Waals surface area contributed by atoms with Gasteiger partial charge in [0.05, 0.1) is 24.9 Å². The molecule has 0 spiro atoms. The van der Waals surface area contributed by atoms with Gasteiger partial charge in [-0.05, 0) is 24.0 Å². The fourth-order valence-electron chi connectivity index (χ4n) is 4.67. The molecule has 3 N–H and O–H groups in total. The van der Waals surface area contributed by atoms with E-state index in [1.165, 1.54) is 11.7 Å². The highest BCUT2D eigenvalue weighted by Crippen LogP contribution is 2.40. The number of rotatable bonds is 11. The lowest BCUT2D eigenvalue weighted by Crippen LogP contribution is -2.33. The maximum absolute atomic E-state index is 12.0. The van der Waals surface area contributed by atoms with E-state index in [4.69, 9.17) is 19.4 Å². The second-order valence-electron chi connectivity index (χ2n) is 11.5. The van der Waals surface area contributed by atoms with Gasteiger partial charge in [-0.1, -0.05) is 20.8 Å². The zero-order chi connectivity index (χ0) is 30.0. The average molecular weight is 583 g/mol. The van der Waals surface area contributed by atoms with Crippen molar-refractivity contribution < 1.29 is 19.4 Å². The molecule has 16 heteroatoms. The highest BCUT2D eigenvalue weighted by atomic mass is 16.6. The Hall–Kier alpha value is -4.18. The number of aliphatic hydroxyl groups is 1. The topological polar surface area (TPSA) is 185 Å². The quantitative estimate of drug-likeness (QED) is 0.217. The number of imidazole rings is 2. The molecule has 226 valence electrons. The predicted octanol–water partition coefficient (Wildman–Crippen LogP) is 1.63. The fourth-order valence-corrected chi connectivity index (χ4v) is 4.67. The van der Waals surface area contributed by atoms with Crippen molar-refractivity contribution in [2.24, 2.45) is 12.5 Å². The zero-order valence-corrected chi connectivity index (χ0v) is 24.7. The number of tetrazole rings is 1. The van der Waals surface area contributed by atoms with E-state index < -0.39 is 30.5 Å². The monoisotopic (exact) mass is 582 g/mol. The van der Waals surface area contributed by atoms with Gasteiger partial charge in [-0.2, -0.15) is 14.8 Å². The number of aliphatic hydroxyl groups excluding tert-OH is 1. The van der Waals surface area contributed by atoms with Gasteiger partial charge in [-0.25, -0.2) is 9.97 Å². The molecule has 1 aliphatic rings. The van der Waals surface area contributed by atoms with Crippen LogP contribution in [0.15, 0.2) is 18.9 Å². The van der Waals surface area contributed by atoms with Crippen molar-refractivity contribution in [3.63, 3.8) is 0 Å². The van der Waals surface area contributed by atoms with Gasteiger partial charge >= 0.3 is 5.97 Å². The lowest BCUT2D eigenvalue weighted by atomic mass is 9.92. The van der Waals surface area contributed by atoms with Crippen molar-refractivity contribution in [2.45, 2.75) is 78.5 Å². The van der Waals surface area contributed by atoms with E-state index in [0.717, 1.165) is 12.1 Å². The predicted molar refractivity (Wildman–Crippen MR) is 151 cm³/mol. The van der Waals surface area contributed by atoms with E-state index in [0.29, 0.717) is 49.0 Å². The molecule has 0 bridgehead atoms. The molecule has 1 aliphatic heterocycles. The number of hydrogen-bond donors (Lipinski definition) is 3. The Kier molecular flexibility index (Phi) is 8.36. The van der Waals surface area contributed by atoms with Crippen molar-refractivity contribution in [1.82, 2.24) is 49.3 Å². The normalized spacial score (nSPS) is 20.7. The Morgan fingerprint density at radius 1 is 1.17 bits per heavy atom. The number of esters is 1. The summed E-state index contributed by atoms with van der Waals surface area (Å²) in [6.45, 7) is 11.4. The summed E-state index contributed by atoms with van der Waals surface area (Å²) in [5.41, 5.74) is 2.01. The molecule has 0 saturated carbocycles. The SMILES string of the molecule is CCn1nnc([C@H]2O[C@@H](n3cnc4c(NCCC(C)(C)C)nc(NCCc5cn(C)cn5)nc43)[C@H](OC(C)=O)[C@@H]2O)n1. The molecule has 1 fully saturated rings. The van der Waals surface area contributed by atoms with E-state index in [1.807, 2.05) is 24.7 Å². The first kappa shape index (κ1) is 29.3. The Labute approximate surface area is 242 Å². The van der Waals surface area contributed by atoms with Gasteiger partial charge in [-0.15, -0.1) is 10.2 Å². The molecule has 0 radical (unpaired) electrons.